The molecule has 1 aliphatic rings. The number of phenols is 2. The largest absolute Gasteiger partial charge is 0.508 e. The molecule has 10 heteroatoms. The molecule has 2 aromatic rings. The van der Waals surface area contributed by atoms with Crippen LogP contribution < -0.4 is 15.0 Å². The number of benzene rings is 2. The maximum Gasteiger partial charge on any atom is 0.287 e. The molecule has 10 nitrogen and oxygen atoms in total. The number of nitrogens with zero attached hydrogens (tertiary/aromatic N) is 3. The second-order valence-corrected chi connectivity index (χ2v) is 9.46. The Labute approximate surface area is 218 Å². The number of phenolic OH excluding ortho intramolecular Hbond substituents is 2. The fraction of sp³-hybridized carbons (Fsp3) is 0.444. The van der Waals surface area contributed by atoms with Gasteiger partial charge in [-0.05, 0) is 55.8 Å². The predicted octanol–water partition coefficient (Wildman–Crippen LogP) is 2.79. The van der Waals surface area contributed by atoms with Gasteiger partial charge in [-0.2, -0.15) is 0 Å². The number of carbonyl (C=O) groups excluding carboxylic acids is 1. The Morgan fingerprint density at radius 1 is 1.08 bits per heavy atom. The van der Waals surface area contributed by atoms with Crippen LogP contribution in [0.5, 0.6) is 17.2 Å². The average molecular weight is 511 g/mol. The summed E-state index contributed by atoms with van der Waals surface area (Å²) < 4.78 is 5.91. The zero-order chi connectivity index (χ0) is 27.1. The van der Waals surface area contributed by atoms with E-state index in [2.05, 4.69) is 22.2 Å². The molecule has 1 amide bonds. The van der Waals surface area contributed by atoms with Crippen molar-refractivity contribution in [3.05, 3.63) is 47.5 Å². The van der Waals surface area contributed by atoms with Gasteiger partial charge in [-0.25, -0.2) is 0 Å². The van der Waals surface area contributed by atoms with Crippen molar-refractivity contribution in [2.45, 2.75) is 26.7 Å². The van der Waals surface area contributed by atoms with E-state index < -0.39 is 11.7 Å². The van der Waals surface area contributed by atoms with Crippen LogP contribution in [-0.4, -0.2) is 90.5 Å². The number of amides is 1. The van der Waals surface area contributed by atoms with Crippen molar-refractivity contribution in [1.29, 1.82) is 10.8 Å². The van der Waals surface area contributed by atoms with Gasteiger partial charge in [0.05, 0.1) is 5.56 Å². The predicted molar refractivity (Wildman–Crippen MR) is 145 cm³/mol. The number of piperazine rings is 1. The molecule has 0 spiro atoms. The van der Waals surface area contributed by atoms with Gasteiger partial charge >= 0.3 is 0 Å². The first kappa shape index (κ1) is 27.9. The van der Waals surface area contributed by atoms with Crippen LogP contribution in [0, 0.1) is 10.8 Å². The van der Waals surface area contributed by atoms with Gasteiger partial charge in [0.2, 0.25) is 0 Å². The van der Waals surface area contributed by atoms with Crippen LogP contribution in [0.4, 0.5) is 5.69 Å². The fourth-order valence-corrected chi connectivity index (χ4v) is 4.14. The number of amidine groups is 2. The zero-order valence-corrected chi connectivity index (χ0v) is 22.0. The maximum absolute atomic E-state index is 12.6. The van der Waals surface area contributed by atoms with E-state index in [4.69, 9.17) is 15.6 Å². The van der Waals surface area contributed by atoms with Crippen molar-refractivity contribution in [2.75, 3.05) is 57.8 Å². The van der Waals surface area contributed by atoms with Gasteiger partial charge in [-0.15, -0.1) is 0 Å². The molecule has 0 radical (unpaired) electrons. The van der Waals surface area contributed by atoms with Crippen molar-refractivity contribution in [3.63, 3.8) is 0 Å². The molecule has 1 aliphatic heterocycles. The molecule has 0 unspecified atom stereocenters. The third kappa shape index (κ3) is 6.99. The van der Waals surface area contributed by atoms with Crippen LogP contribution in [-0.2, 0) is 4.79 Å². The van der Waals surface area contributed by atoms with Gasteiger partial charge < -0.3 is 25.2 Å². The van der Waals surface area contributed by atoms with Gasteiger partial charge in [0.1, 0.15) is 29.7 Å². The molecule has 0 saturated carbocycles. The second-order valence-electron chi connectivity index (χ2n) is 9.46. The lowest BCUT2D eigenvalue weighted by Gasteiger charge is -2.32. The molecule has 200 valence electrons. The zero-order valence-electron chi connectivity index (χ0n) is 22.0. The van der Waals surface area contributed by atoms with Crippen molar-refractivity contribution in [1.82, 2.24) is 15.1 Å². The highest BCUT2D eigenvalue weighted by atomic mass is 16.5. The third-order valence-electron chi connectivity index (χ3n) is 6.39. The van der Waals surface area contributed by atoms with Crippen LogP contribution in [0.2, 0.25) is 0 Å². The van der Waals surface area contributed by atoms with Gasteiger partial charge in [-0.1, -0.05) is 13.8 Å². The minimum atomic E-state index is -0.651. The second kappa shape index (κ2) is 12.6. The molecule has 0 aliphatic carbocycles. The molecule has 3 rings (SSSR count). The molecule has 1 fully saturated rings. The number of nitrogens with one attached hydrogen (secondary N) is 3. The molecular weight excluding hydrogens is 472 g/mol. The topological polar surface area (TPSA) is 136 Å². The normalized spacial score (nSPS) is 14.4. The van der Waals surface area contributed by atoms with Gasteiger partial charge in [0.15, 0.2) is 5.84 Å². The number of likely N-dealkylation sites (N-methyl/N-ethyl adjacent to an activating group) is 2. The summed E-state index contributed by atoms with van der Waals surface area (Å²) in [6.07, 6.45) is 0. The van der Waals surface area contributed by atoms with Gasteiger partial charge in [0.25, 0.3) is 5.91 Å². The lowest BCUT2D eigenvalue weighted by atomic mass is 9.98. The van der Waals surface area contributed by atoms with E-state index in [-0.39, 0.29) is 28.8 Å². The first-order valence-corrected chi connectivity index (χ1v) is 12.6. The fourth-order valence-electron chi connectivity index (χ4n) is 4.14. The Kier molecular flexibility index (Phi) is 9.48. The lowest BCUT2D eigenvalue weighted by molar-refractivity contribution is -0.114. The van der Waals surface area contributed by atoms with Crippen molar-refractivity contribution in [3.8, 4) is 17.2 Å². The minimum absolute atomic E-state index is 0.0641. The van der Waals surface area contributed by atoms with E-state index in [9.17, 15) is 15.0 Å². The summed E-state index contributed by atoms with van der Waals surface area (Å²) in [5.74, 6) is -1.19. The van der Waals surface area contributed by atoms with E-state index >= 15 is 0 Å². The molecule has 0 bridgehead atoms. The Morgan fingerprint density at radius 2 is 1.73 bits per heavy atom. The number of rotatable bonds is 8. The molecule has 0 atom stereocenters. The van der Waals surface area contributed by atoms with Crippen molar-refractivity contribution in [2.24, 2.45) is 0 Å². The number of aromatic hydroxyl groups is 2. The number of ether oxygens (including phenoxy) is 1. The minimum Gasteiger partial charge on any atom is -0.508 e. The third-order valence-corrected chi connectivity index (χ3v) is 6.39. The summed E-state index contributed by atoms with van der Waals surface area (Å²) in [6.45, 7) is 11.3. The molecule has 0 aromatic heterocycles. The van der Waals surface area contributed by atoms with Crippen molar-refractivity contribution >= 4 is 23.3 Å². The highest BCUT2D eigenvalue weighted by molar-refractivity contribution is 6.48. The Hall–Kier alpha value is -3.63. The highest BCUT2D eigenvalue weighted by Crippen LogP contribution is 2.34. The van der Waals surface area contributed by atoms with Crippen LogP contribution in [0.1, 0.15) is 37.8 Å². The van der Waals surface area contributed by atoms with Gasteiger partial charge in [-0.3, -0.25) is 25.4 Å². The van der Waals surface area contributed by atoms with E-state index in [0.717, 1.165) is 37.6 Å². The SMILES string of the molecule is CCNC(=O)C(=N)N(C(=N)c1cc(C(C)C)c(O)cc1O)c1ccc(OCCN2CCN(C)CC2)cc1. The van der Waals surface area contributed by atoms with Crippen LogP contribution >= 0.6 is 0 Å². The summed E-state index contributed by atoms with van der Waals surface area (Å²) in [5.41, 5.74) is 1.04. The van der Waals surface area contributed by atoms with E-state index in [1.54, 1.807) is 31.2 Å². The average Bonchev–Trinajstić information content (AvgIpc) is 2.86. The quantitative estimate of drug-likeness (QED) is 0.272. The number of hydrogen-bond acceptors (Lipinski definition) is 8. The van der Waals surface area contributed by atoms with Crippen LogP contribution in [0.25, 0.3) is 0 Å². The van der Waals surface area contributed by atoms with E-state index in [1.807, 2.05) is 13.8 Å². The molecular formula is C27H38N6O4. The summed E-state index contributed by atoms with van der Waals surface area (Å²) in [5, 5.41) is 40.7. The number of carbonyl (C=O) groups is 1. The monoisotopic (exact) mass is 510 g/mol. The number of hydrogen-bond donors (Lipinski definition) is 5. The molecule has 5 N–H and O–H groups in total. The smallest absolute Gasteiger partial charge is 0.287 e. The summed E-state index contributed by atoms with van der Waals surface area (Å²) in [6, 6.07) is 9.53. The Morgan fingerprint density at radius 3 is 2.32 bits per heavy atom. The Bertz CT molecular complexity index is 1110. The maximum atomic E-state index is 12.6. The van der Waals surface area contributed by atoms with Gasteiger partial charge in [0, 0.05) is 51.0 Å². The lowest BCUT2D eigenvalue weighted by Crippen LogP contribution is -2.46. The van der Waals surface area contributed by atoms with E-state index in [1.165, 1.54) is 12.1 Å². The van der Waals surface area contributed by atoms with E-state index in [0.29, 0.717) is 30.2 Å². The molecule has 1 heterocycles. The Balaban J connectivity index is 1.82. The van der Waals surface area contributed by atoms with Crippen LogP contribution in [0.15, 0.2) is 36.4 Å². The summed E-state index contributed by atoms with van der Waals surface area (Å²) in [4.78, 5) is 18.4. The molecule has 1 saturated heterocycles. The van der Waals surface area contributed by atoms with Crippen LogP contribution in [0.3, 0.4) is 0 Å². The highest BCUT2D eigenvalue weighted by Gasteiger charge is 2.27. The standard InChI is InChI=1S/C27H38N6O4/c1-5-30-27(36)26(29)33(25(28)22-16-21(18(2)3)23(34)17-24(22)35)19-6-8-20(9-7-19)37-15-14-32-12-10-31(4)11-13-32/h6-9,16-18,28-29,34-35H,5,10-15H2,1-4H3,(H,30,36). The summed E-state index contributed by atoms with van der Waals surface area (Å²) >= 11 is 0. The first-order chi connectivity index (χ1) is 17.6. The molecule has 2 aromatic carbocycles. The summed E-state index contributed by atoms with van der Waals surface area (Å²) in [7, 11) is 2.12. The first-order valence-electron chi connectivity index (χ1n) is 12.6. The number of anilines is 1. The van der Waals surface area contributed by atoms with Crippen molar-refractivity contribution < 1.29 is 19.7 Å². The molecule has 37 heavy (non-hydrogen) atoms.